The Morgan fingerprint density at radius 1 is 1.46 bits per heavy atom. The number of rotatable bonds is 3. The molecule has 0 bridgehead atoms. The van der Waals surface area contributed by atoms with E-state index >= 15 is 0 Å². The van der Waals surface area contributed by atoms with Crippen molar-refractivity contribution in [2.45, 2.75) is 25.9 Å². The van der Waals surface area contributed by atoms with Crippen LogP contribution in [0.25, 0.3) is 11.0 Å². The zero-order valence-corrected chi connectivity index (χ0v) is 14.4. The summed E-state index contributed by atoms with van der Waals surface area (Å²) in [4.78, 5) is 4.11. The predicted octanol–water partition coefficient (Wildman–Crippen LogP) is 1.73. The molecule has 0 saturated carbocycles. The molecule has 1 unspecified atom stereocenters. The van der Waals surface area contributed by atoms with Crippen LogP contribution >= 0.6 is 0 Å². The lowest BCUT2D eigenvalue weighted by Gasteiger charge is -2.15. The average Bonchev–Trinajstić information content (AvgIpc) is 3.03. The summed E-state index contributed by atoms with van der Waals surface area (Å²) < 4.78 is 42.1. The van der Waals surface area contributed by atoms with E-state index in [0.717, 1.165) is 10.9 Å². The van der Waals surface area contributed by atoms with Crippen molar-refractivity contribution in [2.24, 2.45) is 4.99 Å². The van der Waals surface area contributed by atoms with Gasteiger partial charge in [-0.2, -0.15) is 0 Å². The third-order valence-corrected chi connectivity index (χ3v) is 5.98. The number of hydrogen-bond donors (Lipinski definition) is 2. The topological polar surface area (TPSA) is 83.7 Å². The van der Waals surface area contributed by atoms with Crippen molar-refractivity contribution in [1.82, 2.24) is 10.6 Å². The van der Waals surface area contributed by atoms with Crippen LogP contribution in [0.2, 0.25) is 0 Å². The van der Waals surface area contributed by atoms with Crippen LogP contribution < -0.4 is 10.6 Å². The summed E-state index contributed by atoms with van der Waals surface area (Å²) in [6, 6.07) is 4.29. The van der Waals surface area contributed by atoms with Crippen molar-refractivity contribution in [3.8, 4) is 0 Å². The third kappa shape index (κ3) is 3.53. The summed E-state index contributed by atoms with van der Waals surface area (Å²) in [5, 5.41) is 6.97. The Labute approximate surface area is 140 Å². The SMILES string of the molecule is CN=C(NCc1oc2ccc(F)cc2c1C)NC1CCS(=O)(=O)C1. The monoisotopic (exact) mass is 353 g/mol. The van der Waals surface area contributed by atoms with Crippen LogP contribution in [0.15, 0.2) is 27.6 Å². The van der Waals surface area contributed by atoms with E-state index in [1.807, 2.05) is 6.92 Å². The number of fused-ring (bicyclic) bond motifs is 1. The molecule has 1 saturated heterocycles. The second-order valence-corrected chi connectivity index (χ2v) is 8.19. The van der Waals surface area contributed by atoms with Crippen LogP contribution in [0, 0.1) is 12.7 Å². The minimum atomic E-state index is -2.94. The van der Waals surface area contributed by atoms with E-state index in [0.29, 0.717) is 30.3 Å². The maximum atomic E-state index is 13.3. The molecule has 8 heteroatoms. The van der Waals surface area contributed by atoms with Gasteiger partial charge in [-0.05, 0) is 31.5 Å². The molecule has 6 nitrogen and oxygen atoms in total. The summed E-state index contributed by atoms with van der Waals surface area (Å²) in [5.74, 6) is 1.23. The molecule has 1 aromatic heterocycles. The third-order valence-electron chi connectivity index (χ3n) is 4.21. The fraction of sp³-hybridized carbons (Fsp3) is 0.438. The van der Waals surface area contributed by atoms with Gasteiger partial charge in [-0.25, -0.2) is 12.8 Å². The van der Waals surface area contributed by atoms with Crippen molar-refractivity contribution < 1.29 is 17.2 Å². The summed E-state index contributed by atoms with van der Waals surface area (Å²) in [6.45, 7) is 2.25. The van der Waals surface area contributed by atoms with E-state index in [4.69, 9.17) is 4.42 Å². The highest BCUT2D eigenvalue weighted by molar-refractivity contribution is 7.91. The molecule has 1 aromatic carbocycles. The zero-order valence-electron chi connectivity index (χ0n) is 13.6. The summed E-state index contributed by atoms with van der Waals surface area (Å²) in [7, 11) is -1.32. The molecule has 2 N–H and O–H groups in total. The predicted molar refractivity (Wildman–Crippen MR) is 91.3 cm³/mol. The second kappa shape index (κ2) is 6.43. The first-order valence-electron chi connectivity index (χ1n) is 7.73. The maximum absolute atomic E-state index is 13.3. The molecule has 1 aliphatic rings. The number of hydrogen-bond acceptors (Lipinski definition) is 4. The highest BCUT2D eigenvalue weighted by Crippen LogP contribution is 2.25. The quantitative estimate of drug-likeness (QED) is 0.649. The molecule has 0 spiro atoms. The fourth-order valence-corrected chi connectivity index (χ4v) is 4.55. The highest BCUT2D eigenvalue weighted by atomic mass is 32.2. The van der Waals surface area contributed by atoms with Crippen molar-refractivity contribution >= 4 is 26.8 Å². The van der Waals surface area contributed by atoms with E-state index < -0.39 is 9.84 Å². The molecule has 130 valence electrons. The Hall–Kier alpha value is -2.09. The molecule has 2 heterocycles. The van der Waals surface area contributed by atoms with Gasteiger partial charge in [-0.15, -0.1) is 0 Å². The van der Waals surface area contributed by atoms with Gasteiger partial charge >= 0.3 is 0 Å². The van der Waals surface area contributed by atoms with E-state index in [9.17, 15) is 12.8 Å². The number of guanidine groups is 1. The lowest BCUT2D eigenvalue weighted by molar-refractivity contribution is 0.531. The molecule has 3 rings (SSSR count). The Kier molecular flexibility index (Phi) is 4.49. The van der Waals surface area contributed by atoms with Crippen LogP contribution in [0.5, 0.6) is 0 Å². The minimum absolute atomic E-state index is 0.122. The molecule has 0 aliphatic carbocycles. The molecule has 1 atom stereocenters. The van der Waals surface area contributed by atoms with Crippen LogP contribution in [-0.2, 0) is 16.4 Å². The van der Waals surface area contributed by atoms with Gasteiger partial charge in [0, 0.05) is 24.0 Å². The first kappa shape index (κ1) is 16.8. The van der Waals surface area contributed by atoms with Gasteiger partial charge in [-0.3, -0.25) is 4.99 Å². The first-order valence-corrected chi connectivity index (χ1v) is 9.55. The van der Waals surface area contributed by atoms with Crippen LogP contribution in [-0.4, -0.2) is 39.0 Å². The van der Waals surface area contributed by atoms with Crippen molar-refractivity contribution in [3.63, 3.8) is 0 Å². The van der Waals surface area contributed by atoms with E-state index in [1.54, 1.807) is 13.1 Å². The van der Waals surface area contributed by atoms with E-state index in [2.05, 4.69) is 15.6 Å². The molecule has 1 aliphatic heterocycles. The van der Waals surface area contributed by atoms with E-state index in [-0.39, 0.29) is 23.4 Å². The Balaban J connectivity index is 1.67. The van der Waals surface area contributed by atoms with Gasteiger partial charge < -0.3 is 15.1 Å². The van der Waals surface area contributed by atoms with E-state index in [1.165, 1.54) is 12.1 Å². The van der Waals surface area contributed by atoms with Crippen LogP contribution in [0.1, 0.15) is 17.7 Å². The smallest absolute Gasteiger partial charge is 0.191 e. The van der Waals surface area contributed by atoms with Crippen LogP contribution in [0.4, 0.5) is 4.39 Å². The van der Waals surface area contributed by atoms with Gasteiger partial charge in [0.15, 0.2) is 15.8 Å². The number of benzene rings is 1. The summed E-state index contributed by atoms with van der Waals surface area (Å²) in [5.41, 5.74) is 1.51. The lowest BCUT2D eigenvalue weighted by atomic mass is 10.1. The normalized spacial score (nSPS) is 20.5. The summed E-state index contributed by atoms with van der Waals surface area (Å²) in [6.07, 6.45) is 0.575. The molecule has 0 amide bonds. The highest BCUT2D eigenvalue weighted by Gasteiger charge is 2.28. The zero-order chi connectivity index (χ0) is 17.3. The second-order valence-electron chi connectivity index (χ2n) is 5.96. The minimum Gasteiger partial charge on any atom is -0.459 e. The number of sulfone groups is 1. The number of aryl methyl sites for hydroxylation is 1. The lowest BCUT2D eigenvalue weighted by Crippen LogP contribution is -2.43. The number of halogens is 1. The fourth-order valence-electron chi connectivity index (χ4n) is 2.87. The van der Waals surface area contributed by atoms with Crippen LogP contribution in [0.3, 0.4) is 0 Å². The van der Waals surface area contributed by atoms with Crippen molar-refractivity contribution in [1.29, 1.82) is 0 Å². The average molecular weight is 353 g/mol. The summed E-state index contributed by atoms with van der Waals surface area (Å²) >= 11 is 0. The molecular weight excluding hydrogens is 333 g/mol. The molecule has 24 heavy (non-hydrogen) atoms. The Morgan fingerprint density at radius 2 is 2.25 bits per heavy atom. The molecular formula is C16H20FN3O3S. The largest absolute Gasteiger partial charge is 0.459 e. The van der Waals surface area contributed by atoms with Gasteiger partial charge in [0.1, 0.15) is 17.2 Å². The maximum Gasteiger partial charge on any atom is 0.191 e. The standard InChI is InChI=1S/C16H20FN3O3S/c1-10-13-7-11(17)3-4-14(13)23-15(10)8-19-16(18-2)20-12-5-6-24(21,22)9-12/h3-4,7,12H,5-6,8-9H2,1-2H3,(H2,18,19,20). The van der Waals surface area contributed by atoms with Crippen molar-refractivity contribution in [3.05, 3.63) is 35.3 Å². The molecule has 2 aromatic rings. The number of furan rings is 1. The number of aliphatic imine (C=N–C) groups is 1. The molecule has 1 fully saturated rings. The van der Waals surface area contributed by atoms with Gasteiger partial charge in [0.2, 0.25) is 0 Å². The van der Waals surface area contributed by atoms with Gasteiger partial charge in [-0.1, -0.05) is 0 Å². The Morgan fingerprint density at radius 3 is 2.92 bits per heavy atom. The van der Waals surface area contributed by atoms with Crippen molar-refractivity contribution in [2.75, 3.05) is 18.6 Å². The Bertz CT molecular complexity index is 889. The number of nitrogens with zero attached hydrogens (tertiary/aromatic N) is 1. The van der Waals surface area contributed by atoms with Gasteiger partial charge in [0.05, 0.1) is 18.1 Å². The number of nitrogens with one attached hydrogen (secondary N) is 2. The van der Waals surface area contributed by atoms with Gasteiger partial charge in [0.25, 0.3) is 0 Å². The molecule has 0 radical (unpaired) electrons. The first-order chi connectivity index (χ1) is 11.4.